The maximum absolute atomic E-state index is 13.2. The smallest absolute Gasteiger partial charge is 0.261 e. The second-order valence-electron chi connectivity index (χ2n) is 8.67. The molecule has 0 amide bonds. The van der Waals surface area contributed by atoms with Gasteiger partial charge in [0, 0.05) is 17.6 Å². The zero-order valence-corrected chi connectivity index (χ0v) is 18.6. The Bertz CT molecular complexity index is 1050. The van der Waals surface area contributed by atoms with Gasteiger partial charge in [0.25, 0.3) is 10.1 Å². The first kappa shape index (κ1) is 22.0. The van der Waals surface area contributed by atoms with Gasteiger partial charge in [-0.15, -0.1) is 0 Å². The minimum Gasteiger partial charge on any atom is -0.454 e. The third-order valence-corrected chi connectivity index (χ3v) is 6.54. The van der Waals surface area contributed by atoms with Crippen molar-refractivity contribution in [3.63, 3.8) is 0 Å². The van der Waals surface area contributed by atoms with Crippen molar-refractivity contribution >= 4 is 10.1 Å². The number of hydrogen-bond acceptors (Lipinski definition) is 5. The molecule has 2 heterocycles. The molecule has 8 heteroatoms. The van der Waals surface area contributed by atoms with Gasteiger partial charge in [-0.1, -0.05) is 18.2 Å². The summed E-state index contributed by atoms with van der Waals surface area (Å²) in [6.07, 6.45) is 5.23. The number of nitrogens with zero attached hydrogens (tertiary/aromatic N) is 1. The van der Waals surface area contributed by atoms with Crippen molar-refractivity contribution in [3.05, 3.63) is 58.9 Å². The van der Waals surface area contributed by atoms with E-state index in [1.54, 1.807) is 12.1 Å². The van der Waals surface area contributed by atoms with Gasteiger partial charge in [0.15, 0.2) is 11.5 Å². The predicted octanol–water partition coefficient (Wildman–Crippen LogP) is 4.10. The molecule has 0 spiro atoms. The second kappa shape index (κ2) is 8.41. The molecule has 1 aliphatic carbocycles. The Morgan fingerprint density at radius 2 is 1.87 bits per heavy atom. The van der Waals surface area contributed by atoms with E-state index in [-0.39, 0.29) is 11.4 Å². The fourth-order valence-electron chi connectivity index (χ4n) is 5.07. The summed E-state index contributed by atoms with van der Waals surface area (Å²) in [6.45, 7) is 4.81. The lowest BCUT2D eigenvalue weighted by molar-refractivity contribution is 0.110. The molecule has 1 fully saturated rings. The van der Waals surface area contributed by atoms with Crippen LogP contribution in [0.4, 0.5) is 4.39 Å². The summed E-state index contributed by atoms with van der Waals surface area (Å²) < 4.78 is 50.5. The van der Waals surface area contributed by atoms with Gasteiger partial charge in [-0.3, -0.25) is 9.45 Å². The van der Waals surface area contributed by atoms with E-state index in [9.17, 15) is 12.8 Å². The van der Waals surface area contributed by atoms with Crippen LogP contribution in [0.25, 0.3) is 0 Å². The van der Waals surface area contributed by atoms with Crippen molar-refractivity contribution in [1.29, 1.82) is 0 Å². The Morgan fingerprint density at radius 3 is 2.58 bits per heavy atom. The van der Waals surface area contributed by atoms with Crippen LogP contribution in [0, 0.1) is 5.82 Å². The number of halogens is 1. The van der Waals surface area contributed by atoms with Gasteiger partial charge in [0.2, 0.25) is 6.79 Å². The van der Waals surface area contributed by atoms with E-state index in [2.05, 4.69) is 24.0 Å². The number of benzene rings is 2. The van der Waals surface area contributed by atoms with E-state index in [4.69, 9.17) is 14.0 Å². The van der Waals surface area contributed by atoms with Gasteiger partial charge in [0.1, 0.15) is 5.82 Å². The van der Waals surface area contributed by atoms with Crippen molar-refractivity contribution in [2.24, 2.45) is 0 Å². The molecule has 0 radical (unpaired) electrons. The van der Waals surface area contributed by atoms with E-state index < -0.39 is 10.1 Å². The fourth-order valence-corrected chi connectivity index (χ4v) is 5.07. The van der Waals surface area contributed by atoms with E-state index >= 15 is 0 Å². The number of fused-ring (bicyclic) bond motifs is 3. The highest BCUT2D eigenvalue weighted by Gasteiger charge is 2.42. The van der Waals surface area contributed by atoms with Crippen LogP contribution in [0.2, 0.25) is 0 Å². The van der Waals surface area contributed by atoms with Crippen LogP contribution in [0.5, 0.6) is 11.5 Å². The highest BCUT2D eigenvalue weighted by atomic mass is 32.2. The summed E-state index contributed by atoms with van der Waals surface area (Å²) in [5, 5.41) is 0. The van der Waals surface area contributed by atoms with E-state index in [0.717, 1.165) is 43.9 Å². The van der Waals surface area contributed by atoms with Gasteiger partial charge in [-0.25, -0.2) is 4.39 Å². The lowest BCUT2D eigenvalue weighted by Gasteiger charge is -2.43. The highest BCUT2D eigenvalue weighted by Crippen LogP contribution is 2.49. The molecule has 31 heavy (non-hydrogen) atoms. The van der Waals surface area contributed by atoms with Crippen LogP contribution in [0.3, 0.4) is 0 Å². The number of ether oxygens (including phenoxy) is 2. The number of likely N-dealkylation sites (tertiary alicyclic amines) is 1. The zero-order chi connectivity index (χ0) is 22.2. The van der Waals surface area contributed by atoms with Crippen molar-refractivity contribution in [2.75, 3.05) is 26.1 Å². The van der Waals surface area contributed by atoms with Gasteiger partial charge in [-0.2, -0.15) is 8.42 Å². The molecular weight excluding hydrogens is 421 g/mol. The molecule has 2 aromatic carbocycles. The first-order valence-electron chi connectivity index (χ1n) is 10.5. The fraction of sp³-hybridized carbons (Fsp3) is 0.478. The van der Waals surface area contributed by atoms with E-state index in [0.29, 0.717) is 19.0 Å². The molecule has 168 valence electrons. The van der Waals surface area contributed by atoms with Gasteiger partial charge < -0.3 is 9.47 Å². The molecule has 5 rings (SSSR count). The second-order valence-corrected chi connectivity index (χ2v) is 10.1. The Labute approximate surface area is 182 Å². The van der Waals surface area contributed by atoms with Crippen molar-refractivity contribution < 1.29 is 26.8 Å². The average Bonchev–Trinajstić information content (AvgIpc) is 3.37. The SMILES string of the molecule is CC1(N2CCC(c3ccc(F)cc3)C2)CCCc2c1ccc1c2OCO1.CS(=O)(=O)O. The molecule has 2 unspecified atom stereocenters. The van der Waals surface area contributed by atoms with Crippen LogP contribution in [-0.4, -0.2) is 44.0 Å². The average molecular weight is 450 g/mol. The molecule has 2 aromatic rings. The lowest BCUT2D eigenvalue weighted by atomic mass is 9.76. The largest absolute Gasteiger partial charge is 0.454 e. The first-order chi connectivity index (χ1) is 14.6. The monoisotopic (exact) mass is 449 g/mol. The molecule has 1 N–H and O–H groups in total. The molecule has 0 aromatic heterocycles. The summed E-state index contributed by atoms with van der Waals surface area (Å²) in [5.41, 5.74) is 4.01. The lowest BCUT2D eigenvalue weighted by Crippen LogP contribution is -2.44. The third-order valence-electron chi connectivity index (χ3n) is 6.54. The summed E-state index contributed by atoms with van der Waals surface area (Å²) in [4.78, 5) is 2.63. The van der Waals surface area contributed by atoms with Crippen molar-refractivity contribution in [2.45, 2.75) is 44.1 Å². The summed E-state index contributed by atoms with van der Waals surface area (Å²) in [5.74, 6) is 2.17. The summed E-state index contributed by atoms with van der Waals surface area (Å²) in [6, 6.07) is 11.4. The molecule has 0 bridgehead atoms. The molecular formula is C23H28FNO5S. The van der Waals surface area contributed by atoms with Crippen LogP contribution < -0.4 is 9.47 Å². The summed E-state index contributed by atoms with van der Waals surface area (Å²) in [7, 11) is -3.67. The summed E-state index contributed by atoms with van der Waals surface area (Å²) >= 11 is 0. The van der Waals surface area contributed by atoms with Crippen LogP contribution in [-0.2, 0) is 22.1 Å². The molecule has 3 aliphatic rings. The predicted molar refractivity (Wildman–Crippen MR) is 116 cm³/mol. The Balaban J connectivity index is 0.000000418. The number of hydrogen-bond donors (Lipinski definition) is 1. The Kier molecular flexibility index (Phi) is 5.98. The molecule has 2 atom stereocenters. The van der Waals surface area contributed by atoms with E-state index in [1.807, 2.05) is 12.1 Å². The van der Waals surface area contributed by atoms with Crippen LogP contribution in [0.1, 0.15) is 48.8 Å². The minimum absolute atomic E-state index is 0.0311. The van der Waals surface area contributed by atoms with Crippen molar-refractivity contribution in [1.82, 2.24) is 4.90 Å². The molecule has 1 saturated heterocycles. The quantitative estimate of drug-likeness (QED) is 0.696. The molecule has 0 saturated carbocycles. The maximum atomic E-state index is 13.2. The molecule has 2 aliphatic heterocycles. The third kappa shape index (κ3) is 4.71. The van der Waals surface area contributed by atoms with Crippen LogP contribution >= 0.6 is 0 Å². The van der Waals surface area contributed by atoms with Crippen LogP contribution in [0.15, 0.2) is 36.4 Å². The standard InChI is InChI=1S/C22H24FNO2.CH4O3S/c1-22(24-12-10-16(13-24)15-4-6-17(23)7-5-15)11-2-3-18-19(22)8-9-20-21(18)26-14-25-20;1-5(2,3)4/h4-9,16H,2-3,10-14H2,1H3;1H3,(H,2,3,4). The zero-order valence-electron chi connectivity index (χ0n) is 17.8. The van der Waals surface area contributed by atoms with Gasteiger partial charge in [0.05, 0.1) is 6.26 Å². The Hall–Kier alpha value is -2.16. The van der Waals surface area contributed by atoms with Gasteiger partial charge in [-0.05, 0) is 74.4 Å². The van der Waals surface area contributed by atoms with Crippen molar-refractivity contribution in [3.8, 4) is 11.5 Å². The maximum Gasteiger partial charge on any atom is 0.261 e. The highest BCUT2D eigenvalue weighted by molar-refractivity contribution is 7.85. The molecule has 6 nitrogen and oxygen atoms in total. The normalized spacial score (nSPS) is 25.0. The topological polar surface area (TPSA) is 76.1 Å². The number of rotatable bonds is 2. The van der Waals surface area contributed by atoms with Gasteiger partial charge >= 0.3 is 0 Å². The Morgan fingerprint density at radius 1 is 1.16 bits per heavy atom. The first-order valence-corrected chi connectivity index (χ1v) is 12.3. The minimum atomic E-state index is -3.67. The van der Waals surface area contributed by atoms with E-state index in [1.165, 1.54) is 23.1 Å².